The number of amides is 1. The average molecular weight is 351 g/mol. The number of nitrogens with zero attached hydrogens (tertiary/aromatic N) is 4. The molecule has 1 saturated carbocycles. The van der Waals surface area contributed by atoms with Crippen LogP contribution in [0.4, 0.5) is 0 Å². The molecule has 1 aliphatic carbocycles. The lowest BCUT2D eigenvalue weighted by Gasteiger charge is -2.21. The Hall–Kier alpha value is -2.39. The SMILES string of the molecule is N#CC1CCCN1C(=O)CNC1CCC(Cn2cc3ccccc3n2)C1. The summed E-state index contributed by atoms with van der Waals surface area (Å²) >= 11 is 0. The highest BCUT2D eigenvalue weighted by Crippen LogP contribution is 2.27. The minimum atomic E-state index is -0.227. The van der Waals surface area contributed by atoms with E-state index in [0.717, 1.165) is 50.7 Å². The van der Waals surface area contributed by atoms with Crippen molar-refractivity contribution in [1.82, 2.24) is 20.0 Å². The Morgan fingerprint density at radius 1 is 1.31 bits per heavy atom. The summed E-state index contributed by atoms with van der Waals surface area (Å²) in [5, 5.41) is 18.4. The number of hydrogen-bond donors (Lipinski definition) is 1. The van der Waals surface area contributed by atoms with Crippen LogP contribution in [0.25, 0.3) is 10.9 Å². The molecule has 4 rings (SSSR count). The maximum atomic E-state index is 12.3. The molecule has 6 heteroatoms. The fourth-order valence-electron chi connectivity index (χ4n) is 4.33. The summed E-state index contributed by atoms with van der Waals surface area (Å²) in [7, 11) is 0. The Bertz CT molecular complexity index is 790. The third kappa shape index (κ3) is 3.58. The smallest absolute Gasteiger partial charge is 0.237 e. The molecule has 1 aromatic heterocycles. The molecule has 136 valence electrons. The Balaban J connectivity index is 1.26. The normalized spacial score (nSPS) is 25.7. The number of aromatic nitrogens is 2. The van der Waals surface area contributed by atoms with Crippen molar-refractivity contribution >= 4 is 16.8 Å². The number of carbonyl (C=O) groups excluding carboxylic acids is 1. The second-order valence-corrected chi connectivity index (χ2v) is 7.54. The van der Waals surface area contributed by atoms with Gasteiger partial charge in [-0.15, -0.1) is 0 Å². The summed E-state index contributed by atoms with van der Waals surface area (Å²) in [6.45, 7) is 2.00. The van der Waals surface area contributed by atoms with Crippen molar-refractivity contribution in [2.45, 2.75) is 50.7 Å². The zero-order valence-corrected chi connectivity index (χ0v) is 15.0. The molecule has 26 heavy (non-hydrogen) atoms. The minimum absolute atomic E-state index is 0.0656. The van der Waals surface area contributed by atoms with E-state index in [1.807, 2.05) is 18.2 Å². The van der Waals surface area contributed by atoms with E-state index in [9.17, 15) is 4.79 Å². The van der Waals surface area contributed by atoms with Gasteiger partial charge in [-0.1, -0.05) is 18.2 Å². The van der Waals surface area contributed by atoms with Gasteiger partial charge in [-0.25, -0.2) is 0 Å². The Morgan fingerprint density at radius 3 is 3.04 bits per heavy atom. The zero-order chi connectivity index (χ0) is 17.9. The molecule has 3 unspecified atom stereocenters. The molecule has 1 saturated heterocycles. The number of benzene rings is 1. The van der Waals surface area contributed by atoms with Crippen molar-refractivity contribution in [2.75, 3.05) is 13.1 Å². The number of rotatable bonds is 5. The number of nitriles is 1. The third-order valence-corrected chi connectivity index (χ3v) is 5.71. The molecular weight excluding hydrogens is 326 g/mol. The molecule has 0 spiro atoms. The van der Waals surface area contributed by atoms with E-state index in [2.05, 4.69) is 33.4 Å². The molecule has 3 atom stereocenters. The highest BCUT2D eigenvalue weighted by atomic mass is 16.2. The van der Waals surface area contributed by atoms with Gasteiger partial charge >= 0.3 is 0 Å². The molecule has 1 aliphatic heterocycles. The van der Waals surface area contributed by atoms with Crippen LogP contribution in [0.3, 0.4) is 0 Å². The fraction of sp³-hybridized carbons (Fsp3) is 0.550. The number of nitrogens with one attached hydrogen (secondary N) is 1. The van der Waals surface area contributed by atoms with Gasteiger partial charge in [0.05, 0.1) is 18.1 Å². The summed E-state index contributed by atoms with van der Waals surface area (Å²) in [5.41, 5.74) is 1.04. The van der Waals surface area contributed by atoms with E-state index in [1.54, 1.807) is 4.90 Å². The number of carbonyl (C=O) groups is 1. The maximum Gasteiger partial charge on any atom is 0.237 e. The number of likely N-dealkylation sites (tertiary alicyclic amines) is 1. The van der Waals surface area contributed by atoms with Gasteiger partial charge in [0.1, 0.15) is 6.04 Å². The van der Waals surface area contributed by atoms with E-state index in [1.165, 1.54) is 5.39 Å². The number of fused-ring (bicyclic) bond motifs is 1. The molecule has 2 aliphatic rings. The van der Waals surface area contributed by atoms with E-state index >= 15 is 0 Å². The van der Waals surface area contributed by atoms with Gasteiger partial charge in [0, 0.05) is 30.7 Å². The van der Waals surface area contributed by atoms with Crippen LogP contribution in [0, 0.1) is 17.2 Å². The van der Waals surface area contributed by atoms with Gasteiger partial charge in [0.2, 0.25) is 5.91 Å². The van der Waals surface area contributed by atoms with Crippen molar-refractivity contribution < 1.29 is 4.79 Å². The minimum Gasteiger partial charge on any atom is -0.326 e. The Labute approximate surface area is 153 Å². The monoisotopic (exact) mass is 351 g/mol. The summed E-state index contributed by atoms with van der Waals surface area (Å²) in [6.07, 6.45) is 7.20. The molecule has 2 fully saturated rings. The topological polar surface area (TPSA) is 74.0 Å². The quantitative estimate of drug-likeness (QED) is 0.897. The molecule has 1 N–H and O–H groups in total. The van der Waals surface area contributed by atoms with E-state index in [4.69, 9.17) is 5.26 Å². The summed E-state index contributed by atoms with van der Waals surface area (Å²) in [4.78, 5) is 14.1. The molecule has 1 aromatic carbocycles. The highest BCUT2D eigenvalue weighted by Gasteiger charge is 2.30. The van der Waals surface area contributed by atoms with E-state index in [-0.39, 0.29) is 11.9 Å². The van der Waals surface area contributed by atoms with Crippen molar-refractivity contribution in [3.8, 4) is 6.07 Å². The van der Waals surface area contributed by atoms with Crippen molar-refractivity contribution in [3.05, 3.63) is 30.5 Å². The average Bonchev–Trinajstić information content (AvgIpc) is 3.38. The summed E-state index contributed by atoms with van der Waals surface area (Å²) < 4.78 is 2.06. The fourth-order valence-corrected chi connectivity index (χ4v) is 4.33. The molecule has 2 heterocycles. The standard InChI is InChI=1S/C20H25N5O/c21-11-18-5-3-9-25(18)20(26)12-22-17-8-7-15(10-17)13-24-14-16-4-1-2-6-19(16)23-24/h1-2,4,6,14-15,17-18,22H,3,5,7-10,12-13H2. The van der Waals surface area contributed by atoms with Gasteiger partial charge in [-0.05, 0) is 44.1 Å². The lowest BCUT2D eigenvalue weighted by Crippen LogP contribution is -2.42. The van der Waals surface area contributed by atoms with Gasteiger partial charge in [-0.2, -0.15) is 10.4 Å². The molecule has 2 aromatic rings. The third-order valence-electron chi connectivity index (χ3n) is 5.71. The van der Waals surface area contributed by atoms with Crippen LogP contribution in [0.15, 0.2) is 30.5 Å². The van der Waals surface area contributed by atoms with Gasteiger partial charge < -0.3 is 10.2 Å². The second kappa shape index (κ2) is 7.46. The van der Waals surface area contributed by atoms with Crippen molar-refractivity contribution in [2.24, 2.45) is 5.92 Å². The van der Waals surface area contributed by atoms with Crippen molar-refractivity contribution in [1.29, 1.82) is 5.26 Å². The summed E-state index contributed by atoms with van der Waals surface area (Å²) in [6, 6.07) is 10.6. The Morgan fingerprint density at radius 2 is 2.19 bits per heavy atom. The van der Waals surface area contributed by atoms with Gasteiger partial charge in [0.25, 0.3) is 0 Å². The number of hydrogen-bond acceptors (Lipinski definition) is 4. The van der Waals surface area contributed by atoms with Crippen LogP contribution in [0.2, 0.25) is 0 Å². The van der Waals surface area contributed by atoms with Crippen molar-refractivity contribution in [3.63, 3.8) is 0 Å². The van der Waals surface area contributed by atoms with Gasteiger partial charge in [-0.3, -0.25) is 9.48 Å². The zero-order valence-electron chi connectivity index (χ0n) is 15.0. The van der Waals surface area contributed by atoms with Crippen LogP contribution < -0.4 is 5.32 Å². The highest BCUT2D eigenvalue weighted by molar-refractivity contribution is 5.79. The van der Waals surface area contributed by atoms with Crippen LogP contribution in [0.5, 0.6) is 0 Å². The first kappa shape index (κ1) is 17.0. The largest absolute Gasteiger partial charge is 0.326 e. The van der Waals surface area contributed by atoms with Gasteiger partial charge in [0.15, 0.2) is 0 Å². The predicted molar refractivity (Wildman–Crippen MR) is 99.2 cm³/mol. The molecular formula is C20H25N5O. The molecule has 0 bridgehead atoms. The summed E-state index contributed by atoms with van der Waals surface area (Å²) in [5.74, 6) is 0.659. The maximum absolute atomic E-state index is 12.3. The van der Waals surface area contributed by atoms with E-state index in [0.29, 0.717) is 18.5 Å². The van der Waals surface area contributed by atoms with E-state index < -0.39 is 0 Å². The first-order valence-electron chi connectivity index (χ1n) is 9.57. The predicted octanol–water partition coefficient (Wildman–Crippen LogP) is 2.31. The Kier molecular flexibility index (Phi) is 4.89. The lowest BCUT2D eigenvalue weighted by molar-refractivity contribution is -0.130. The lowest BCUT2D eigenvalue weighted by atomic mass is 10.1. The van der Waals surface area contributed by atoms with Crippen LogP contribution in [-0.2, 0) is 11.3 Å². The molecule has 1 amide bonds. The van der Waals surface area contributed by atoms with Crippen LogP contribution in [-0.4, -0.2) is 45.8 Å². The first-order valence-corrected chi connectivity index (χ1v) is 9.57. The van der Waals surface area contributed by atoms with Crippen LogP contribution >= 0.6 is 0 Å². The van der Waals surface area contributed by atoms with Crippen LogP contribution in [0.1, 0.15) is 32.1 Å². The molecule has 6 nitrogen and oxygen atoms in total. The second-order valence-electron chi connectivity index (χ2n) is 7.54. The molecule has 0 radical (unpaired) electrons. The first-order chi connectivity index (χ1) is 12.7.